The second kappa shape index (κ2) is 11.8. The Hall–Kier alpha value is -3.11. The maximum absolute atomic E-state index is 13.6. The lowest BCUT2D eigenvalue weighted by Gasteiger charge is -2.33. The summed E-state index contributed by atoms with van der Waals surface area (Å²) in [6.07, 6.45) is 0. The summed E-state index contributed by atoms with van der Waals surface area (Å²) in [6.45, 7) is 4.93. The first-order valence-corrected chi connectivity index (χ1v) is 12.3. The van der Waals surface area contributed by atoms with Crippen molar-refractivity contribution in [2.75, 3.05) is 32.1 Å². The SMILES string of the molecule is COc1cccc(CN(C(=O)CN(c2ccccc2)S(=O)(=O)N(C)C)[C@@H](C)C(=O)NC(C)C)c1. The molecule has 0 aliphatic carbocycles. The average molecular weight is 491 g/mol. The first-order valence-electron chi connectivity index (χ1n) is 10.9. The van der Waals surface area contributed by atoms with E-state index >= 15 is 0 Å². The van der Waals surface area contributed by atoms with E-state index in [1.807, 2.05) is 19.9 Å². The minimum atomic E-state index is -3.97. The van der Waals surface area contributed by atoms with Gasteiger partial charge in [0.25, 0.3) is 0 Å². The lowest BCUT2D eigenvalue weighted by Crippen LogP contribution is -2.53. The van der Waals surface area contributed by atoms with Gasteiger partial charge in [0.1, 0.15) is 18.3 Å². The maximum Gasteiger partial charge on any atom is 0.304 e. The van der Waals surface area contributed by atoms with Gasteiger partial charge < -0.3 is 15.0 Å². The van der Waals surface area contributed by atoms with Crippen LogP contribution in [0.3, 0.4) is 0 Å². The van der Waals surface area contributed by atoms with E-state index in [-0.39, 0.29) is 18.5 Å². The Kier molecular flexibility index (Phi) is 9.46. The monoisotopic (exact) mass is 490 g/mol. The molecule has 10 heteroatoms. The summed E-state index contributed by atoms with van der Waals surface area (Å²) in [5, 5.41) is 2.82. The zero-order valence-electron chi connectivity index (χ0n) is 20.6. The van der Waals surface area contributed by atoms with Crippen molar-refractivity contribution in [3.63, 3.8) is 0 Å². The molecule has 0 saturated heterocycles. The van der Waals surface area contributed by atoms with Gasteiger partial charge >= 0.3 is 10.2 Å². The zero-order valence-corrected chi connectivity index (χ0v) is 21.4. The predicted octanol–water partition coefficient (Wildman–Crippen LogP) is 2.25. The summed E-state index contributed by atoms with van der Waals surface area (Å²) in [5.41, 5.74) is 1.10. The predicted molar refractivity (Wildman–Crippen MR) is 133 cm³/mol. The van der Waals surface area contributed by atoms with Gasteiger partial charge in [-0.2, -0.15) is 12.7 Å². The molecule has 0 unspecified atom stereocenters. The molecule has 2 amide bonds. The van der Waals surface area contributed by atoms with E-state index in [2.05, 4.69) is 5.32 Å². The molecule has 2 aromatic carbocycles. The highest BCUT2D eigenvalue weighted by Gasteiger charge is 2.32. The summed E-state index contributed by atoms with van der Waals surface area (Å²) in [5.74, 6) is -0.221. The van der Waals surface area contributed by atoms with Crippen molar-refractivity contribution in [2.45, 2.75) is 39.4 Å². The highest BCUT2D eigenvalue weighted by Crippen LogP contribution is 2.21. The Morgan fingerprint density at radius 2 is 1.65 bits per heavy atom. The molecule has 1 atom stereocenters. The van der Waals surface area contributed by atoms with E-state index in [0.29, 0.717) is 11.4 Å². The van der Waals surface area contributed by atoms with Crippen LogP contribution in [0.15, 0.2) is 54.6 Å². The molecule has 0 aromatic heterocycles. The molecule has 0 heterocycles. The molecule has 0 radical (unpaired) electrons. The Bertz CT molecular complexity index is 1070. The van der Waals surface area contributed by atoms with E-state index in [0.717, 1.165) is 14.2 Å². The normalized spacial score (nSPS) is 12.4. The van der Waals surface area contributed by atoms with Crippen molar-refractivity contribution in [3.8, 4) is 5.75 Å². The number of benzene rings is 2. The number of methoxy groups -OCH3 is 1. The Balaban J connectivity index is 2.44. The molecular formula is C24H34N4O5S. The summed E-state index contributed by atoms with van der Waals surface area (Å²) < 4.78 is 33.5. The number of carbonyl (C=O) groups is 2. The van der Waals surface area contributed by atoms with Crippen LogP contribution in [0.25, 0.3) is 0 Å². The number of carbonyl (C=O) groups excluding carboxylic acids is 2. The molecule has 9 nitrogen and oxygen atoms in total. The quantitative estimate of drug-likeness (QED) is 0.521. The number of nitrogens with one attached hydrogen (secondary N) is 1. The third-order valence-corrected chi connectivity index (χ3v) is 6.97. The summed E-state index contributed by atoms with van der Waals surface area (Å²) >= 11 is 0. The number of para-hydroxylation sites is 1. The maximum atomic E-state index is 13.6. The van der Waals surface area contributed by atoms with Crippen molar-refractivity contribution >= 4 is 27.7 Å². The van der Waals surface area contributed by atoms with Crippen molar-refractivity contribution in [2.24, 2.45) is 0 Å². The molecule has 0 aliphatic heterocycles. The highest BCUT2D eigenvalue weighted by atomic mass is 32.2. The van der Waals surface area contributed by atoms with E-state index in [1.165, 1.54) is 19.0 Å². The second-order valence-corrected chi connectivity index (χ2v) is 10.4. The molecule has 0 fully saturated rings. The van der Waals surface area contributed by atoms with Crippen molar-refractivity contribution in [3.05, 3.63) is 60.2 Å². The van der Waals surface area contributed by atoms with E-state index in [9.17, 15) is 18.0 Å². The number of amides is 2. The summed E-state index contributed by atoms with van der Waals surface area (Å²) in [4.78, 5) is 27.8. The topological polar surface area (TPSA) is 99.3 Å². The van der Waals surface area contributed by atoms with Gasteiger partial charge in [-0.15, -0.1) is 0 Å². The highest BCUT2D eigenvalue weighted by molar-refractivity contribution is 7.90. The van der Waals surface area contributed by atoms with Crippen LogP contribution < -0.4 is 14.4 Å². The van der Waals surface area contributed by atoms with Crippen molar-refractivity contribution < 1.29 is 22.7 Å². The third kappa shape index (κ3) is 6.94. The van der Waals surface area contributed by atoms with Gasteiger partial charge in [0.15, 0.2) is 0 Å². The van der Waals surface area contributed by atoms with E-state index in [4.69, 9.17) is 4.74 Å². The van der Waals surface area contributed by atoms with Crippen LogP contribution in [-0.4, -0.2) is 69.3 Å². The minimum absolute atomic E-state index is 0.105. The molecule has 186 valence electrons. The fraction of sp³-hybridized carbons (Fsp3) is 0.417. The van der Waals surface area contributed by atoms with Crippen LogP contribution in [0.4, 0.5) is 5.69 Å². The minimum Gasteiger partial charge on any atom is -0.497 e. The smallest absolute Gasteiger partial charge is 0.304 e. The molecule has 34 heavy (non-hydrogen) atoms. The van der Waals surface area contributed by atoms with Crippen LogP contribution in [0.5, 0.6) is 5.75 Å². The van der Waals surface area contributed by atoms with Crippen molar-refractivity contribution in [1.29, 1.82) is 0 Å². The number of anilines is 1. The number of hydrogen-bond donors (Lipinski definition) is 1. The zero-order chi connectivity index (χ0) is 25.5. The summed E-state index contributed by atoms with van der Waals surface area (Å²) in [6, 6.07) is 14.6. The molecule has 2 rings (SSSR count). The van der Waals surface area contributed by atoms with Gasteiger partial charge in [0, 0.05) is 26.7 Å². The fourth-order valence-corrected chi connectivity index (χ4v) is 4.32. The molecule has 0 saturated carbocycles. The number of nitrogens with zero attached hydrogens (tertiary/aromatic N) is 3. The van der Waals surface area contributed by atoms with Gasteiger partial charge in [-0.25, -0.2) is 4.31 Å². The third-order valence-electron chi connectivity index (χ3n) is 5.15. The molecular weight excluding hydrogens is 456 g/mol. The average Bonchev–Trinajstić information content (AvgIpc) is 2.80. The number of rotatable bonds is 11. The first kappa shape index (κ1) is 27.1. The molecule has 0 spiro atoms. The lowest BCUT2D eigenvalue weighted by molar-refractivity contribution is -0.139. The Morgan fingerprint density at radius 1 is 1.00 bits per heavy atom. The standard InChI is InChI=1S/C24H34N4O5S/c1-18(2)25-24(30)19(3)27(16-20-11-10-14-22(15-20)33-6)23(29)17-28(34(31,32)26(4)5)21-12-8-7-9-13-21/h7-15,18-19H,16-17H2,1-6H3,(H,25,30)/t19-/m0/s1. The Morgan fingerprint density at radius 3 is 2.21 bits per heavy atom. The molecule has 1 N–H and O–H groups in total. The summed E-state index contributed by atoms with van der Waals surface area (Å²) in [7, 11) is 0.386. The van der Waals surface area contributed by atoms with Crippen LogP contribution in [-0.2, 0) is 26.3 Å². The lowest BCUT2D eigenvalue weighted by atomic mass is 10.1. The van der Waals surface area contributed by atoms with Crippen LogP contribution in [0.2, 0.25) is 0 Å². The van der Waals surface area contributed by atoms with Gasteiger partial charge in [0.2, 0.25) is 11.8 Å². The van der Waals surface area contributed by atoms with E-state index < -0.39 is 28.7 Å². The van der Waals surface area contributed by atoms with Gasteiger partial charge in [-0.1, -0.05) is 30.3 Å². The number of ether oxygens (including phenoxy) is 1. The van der Waals surface area contributed by atoms with Gasteiger partial charge in [-0.05, 0) is 50.6 Å². The first-order chi connectivity index (χ1) is 16.0. The van der Waals surface area contributed by atoms with Crippen LogP contribution >= 0.6 is 0 Å². The fourth-order valence-electron chi connectivity index (χ4n) is 3.27. The van der Waals surface area contributed by atoms with Crippen LogP contribution in [0, 0.1) is 0 Å². The molecule has 0 bridgehead atoms. The molecule has 0 aliphatic rings. The van der Waals surface area contributed by atoms with Gasteiger partial charge in [-0.3, -0.25) is 9.59 Å². The molecule has 2 aromatic rings. The number of hydrogen-bond acceptors (Lipinski definition) is 5. The van der Waals surface area contributed by atoms with Gasteiger partial charge in [0.05, 0.1) is 12.8 Å². The van der Waals surface area contributed by atoms with E-state index in [1.54, 1.807) is 62.6 Å². The van der Waals surface area contributed by atoms with Crippen LogP contribution in [0.1, 0.15) is 26.3 Å². The van der Waals surface area contributed by atoms with Crippen molar-refractivity contribution in [1.82, 2.24) is 14.5 Å². The largest absolute Gasteiger partial charge is 0.497 e. The second-order valence-electron chi connectivity index (χ2n) is 8.34. The Labute approximate surface area is 202 Å².